The molecular weight excluding hydrogens is 276 g/mol. The van der Waals surface area contributed by atoms with Crippen molar-refractivity contribution in [3.8, 4) is 0 Å². The molecule has 0 bridgehead atoms. The Balaban J connectivity index is 1.75. The van der Waals surface area contributed by atoms with Gasteiger partial charge in [0, 0.05) is 37.5 Å². The first-order chi connectivity index (χ1) is 10.7. The number of hydrogen-bond donors (Lipinski definition) is 0. The molecule has 0 saturated heterocycles. The highest BCUT2D eigenvalue weighted by Gasteiger charge is 2.22. The molecule has 4 nitrogen and oxygen atoms in total. The summed E-state index contributed by atoms with van der Waals surface area (Å²) in [4.78, 5) is 29.6. The second kappa shape index (κ2) is 5.93. The van der Waals surface area contributed by atoms with Gasteiger partial charge in [-0.05, 0) is 34.9 Å². The number of ketones is 1. The molecule has 1 amide bonds. The summed E-state index contributed by atoms with van der Waals surface area (Å²) in [5.41, 5.74) is 3.81. The summed E-state index contributed by atoms with van der Waals surface area (Å²) in [6.07, 6.45) is 4.91. The number of benzene rings is 1. The monoisotopic (exact) mass is 292 g/mol. The largest absolute Gasteiger partial charge is 0.331 e. The van der Waals surface area contributed by atoms with Crippen LogP contribution in [0.15, 0.2) is 55.4 Å². The van der Waals surface area contributed by atoms with Gasteiger partial charge in [0.2, 0.25) is 5.91 Å². The summed E-state index contributed by atoms with van der Waals surface area (Å²) >= 11 is 0. The van der Waals surface area contributed by atoms with E-state index in [-0.39, 0.29) is 11.7 Å². The fourth-order valence-electron chi connectivity index (χ4n) is 2.66. The van der Waals surface area contributed by atoms with Crippen LogP contribution in [0, 0.1) is 0 Å². The van der Waals surface area contributed by atoms with Crippen molar-refractivity contribution in [2.24, 2.45) is 0 Å². The molecule has 110 valence electrons. The maximum Gasteiger partial charge on any atom is 0.246 e. The van der Waals surface area contributed by atoms with Crippen LogP contribution in [0.5, 0.6) is 0 Å². The van der Waals surface area contributed by atoms with Crippen LogP contribution in [0.1, 0.15) is 27.0 Å². The summed E-state index contributed by atoms with van der Waals surface area (Å²) in [7, 11) is 0. The highest BCUT2D eigenvalue weighted by atomic mass is 16.2. The van der Waals surface area contributed by atoms with Crippen LogP contribution in [0.3, 0.4) is 0 Å². The van der Waals surface area contributed by atoms with E-state index in [0.29, 0.717) is 25.1 Å². The summed E-state index contributed by atoms with van der Waals surface area (Å²) in [6.45, 7) is 4.70. The topological polar surface area (TPSA) is 50.3 Å². The first-order valence-corrected chi connectivity index (χ1v) is 7.12. The molecule has 1 aromatic carbocycles. The number of Topliss-reactive ketones (excluding diaryl/α,β-unsaturated/α-hetero) is 1. The molecule has 0 unspecified atom stereocenters. The normalized spacial score (nSPS) is 12.8. The number of fused-ring (bicyclic) bond motifs is 1. The molecule has 0 N–H and O–H groups in total. The van der Waals surface area contributed by atoms with Gasteiger partial charge in [-0.25, -0.2) is 0 Å². The molecule has 0 radical (unpaired) electrons. The molecule has 0 saturated carbocycles. The van der Waals surface area contributed by atoms with Gasteiger partial charge < -0.3 is 4.90 Å². The Hall–Kier alpha value is -2.75. The lowest BCUT2D eigenvalue weighted by atomic mass is 10.0. The minimum absolute atomic E-state index is 0.0464. The average Bonchev–Trinajstić information content (AvgIpc) is 2.98. The molecule has 0 aliphatic carbocycles. The van der Waals surface area contributed by atoms with E-state index in [0.717, 1.165) is 16.7 Å². The van der Waals surface area contributed by atoms with Crippen LogP contribution < -0.4 is 0 Å². The summed E-state index contributed by atoms with van der Waals surface area (Å²) in [5, 5.41) is 0. The first kappa shape index (κ1) is 14.2. The lowest BCUT2D eigenvalue weighted by Gasteiger charge is -2.11. The lowest BCUT2D eigenvalue weighted by Crippen LogP contribution is -2.22. The van der Waals surface area contributed by atoms with Crippen LogP contribution in [0.2, 0.25) is 0 Å². The maximum atomic E-state index is 12.2. The van der Waals surface area contributed by atoms with Gasteiger partial charge in [-0.1, -0.05) is 24.8 Å². The van der Waals surface area contributed by atoms with Crippen LogP contribution in [-0.4, -0.2) is 21.6 Å². The van der Waals surface area contributed by atoms with E-state index in [1.807, 2.05) is 18.2 Å². The van der Waals surface area contributed by atoms with Crippen molar-refractivity contribution in [3.05, 3.63) is 77.6 Å². The molecule has 2 aromatic rings. The molecule has 2 heterocycles. The van der Waals surface area contributed by atoms with E-state index in [9.17, 15) is 9.59 Å². The van der Waals surface area contributed by atoms with Gasteiger partial charge in [-0.3, -0.25) is 14.6 Å². The number of carbonyl (C=O) groups excluding carboxylic acids is 2. The molecule has 0 spiro atoms. The third-order valence-electron chi connectivity index (χ3n) is 3.83. The Morgan fingerprint density at radius 1 is 1.23 bits per heavy atom. The van der Waals surface area contributed by atoms with Gasteiger partial charge in [-0.2, -0.15) is 0 Å². The standard InChI is InChI=1S/C18H16N2O2/c1-2-18(22)20-11-15-6-5-13(8-16(15)12-20)9-17(21)14-4-3-7-19-10-14/h2-8,10H,1,9,11-12H2. The molecule has 1 aliphatic heterocycles. The zero-order valence-electron chi connectivity index (χ0n) is 12.2. The van der Waals surface area contributed by atoms with Crippen molar-refractivity contribution in [2.45, 2.75) is 19.5 Å². The Morgan fingerprint density at radius 3 is 2.77 bits per heavy atom. The predicted octanol–water partition coefficient (Wildman–Crippen LogP) is 2.54. The number of rotatable bonds is 4. The molecular formula is C18H16N2O2. The molecule has 1 aliphatic rings. The number of amides is 1. The van der Waals surface area contributed by atoms with E-state index in [4.69, 9.17) is 0 Å². The second-order valence-electron chi connectivity index (χ2n) is 5.34. The van der Waals surface area contributed by atoms with Crippen molar-refractivity contribution in [1.82, 2.24) is 9.88 Å². The Labute approximate surface area is 129 Å². The summed E-state index contributed by atoms with van der Waals surface area (Å²) in [5.74, 6) is -0.0192. The van der Waals surface area contributed by atoms with Gasteiger partial charge in [0.05, 0.1) is 0 Å². The fourth-order valence-corrected chi connectivity index (χ4v) is 2.66. The number of hydrogen-bond acceptors (Lipinski definition) is 3. The SMILES string of the molecule is C=CC(=O)N1Cc2ccc(CC(=O)c3cccnc3)cc2C1. The molecule has 3 rings (SSSR count). The molecule has 4 heteroatoms. The van der Waals surface area contributed by atoms with Gasteiger partial charge >= 0.3 is 0 Å². The zero-order valence-corrected chi connectivity index (χ0v) is 12.2. The number of nitrogens with zero attached hydrogens (tertiary/aromatic N) is 2. The van der Waals surface area contributed by atoms with E-state index in [2.05, 4.69) is 11.6 Å². The maximum absolute atomic E-state index is 12.2. The molecule has 22 heavy (non-hydrogen) atoms. The Bertz CT molecular complexity index is 738. The summed E-state index contributed by atoms with van der Waals surface area (Å²) in [6, 6.07) is 9.49. The van der Waals surface area contributed by atoms with E-state index >= 15 is 0 Å². The van der Waals surface area contributed by atoms with Crippen molar-refractivity contribution >= 4 is 11.7 Å². The van der Waals surface area contributed by atoms with Crippen molar-refractivity contribution in [1.29, 1.82) is 0 Å². The average molecular weight is 292 g/mol. The van der Waals surface area contributed by atoms with Crippen LogP contribution in [-0.2, 0) is 24.3 Å². The van der Waals surface area contributed by atoms with Crippen molar-refractivity contribution in [2.75, 3.05) is 0 Å². The van der Waals surface area contributed by atoms with E-state index in [1.165, 1.54) is 6.08 Å². The van der Waals surface area contributed by atoms with E-state index < -0.39 is 0 Å². The van der Waals surface area contributed by atoms with Crippen LogP contribution in [0.25, 0.3) is 0 Å². The van der Waals surface area contributed by atoms with Gasteiger partial charge in [-0.15, -0.1) is 0 Å². The third kappa shape index (κ3) is 2.81. The quantitative estimate of drug-likeness (QED) is 0.643. The first-order valence-electron chi connectivity index (χ1n) is 7.12. The summed E-state index contributed by atoms with van der Waals surface area (Å²) < 4.78 is 0. The Kier molecular flexibility index (Phi) is 3.83. The van der Waals surface area contributed by atoms with Gasteiger partial charge in [0.25, 0.3) is 0 Å². The molecule has 0 fully saturated rings. The van der Waals surface area contributed by atoms with Gasteiger partial charge in [0.15, 0.2) is 5.78 Å². The van der Waals surface area contributed by atoms with Crippen molar-refractivity contribution < 1.29 is 9.59 Å². The van der Waals surface area contributed by atoms with Crippen LogP contribution in [0.4, 0.5) is 0 Å². The third-order valence-corrected chi connectivity index (χ3v) is 3.83. The van der Waals surface area contributed by atoms with Gasteiger partial charge in [0.1, 0.15) is 0 Å². The molecule has 1 aromatic heterocycles. The minimum atomic E-state index is -0.0656. The number of aromatic nitrogens is 1. The smallest absolute Gasteiger partial charge is 0.246 e. The minimum Gasteiger partial charge on any atom is -0.331 e. The highest BCUT2D eigenvalue weighted by Crippen LogP contribution is 2.24. The lowest BCUT2D eigenvalue weighted by molar-refractivity contribution is -0.126. The van der Waals surface area contributed by atoms with Crippen LogP contribution >= 0.6 is 0 Å². The fraction of sp³-hybridized carbons (Fsp3) is 0.167. The van der Waals surface area contributed by atoms with E-state index in [1.54, 1.807) is 29.4 Å². The zero-order chi connectivity index (χ0) is 15.5. The number of pyridine rings is 1. The predicted molar refractivity (Wildman–Crippen MR) is 83.2 cm³/mol. The second-order valence-corrected chi connectivity index (χ2v) is 5.34. The Morgan fingerprint density at radius 2 is 2.05 bits per heavy atom. The number of carbonyl (C=O) groups is 2. The van der Waals surface area contributed by atoms with Crippen molar-refractivity contribution in [3.63, 3.8) is 0 Å². The molecule has 0 atom stereocenters. The highest BCUT2D eigenvalue weighted by molar-refractivity contribution is 5.97.